The van der Waals surface area contributed by atoms with Gasteiger partial charge in [0.2, 0.25) is 0 Å². The number of carboxylic acids is 1. The quantitative estimate of drug-likeness (QED) is 0.521. The van der Waals surface area contributed by atoms with Crippen LogP contribution in [0.2, 0.25) is 0 Å². The number of hydrogen-bond acceptors (Lipinski definition) is 3. The number of aryl methyl sites for hydroxylation is 1. The molecule has 0 aromatic carbocycles. The SMILES string of the molecule is Cc1nc(C(=O)[O-])ccc1Br.[K+]. The minimum Gasteiger partial charge on any atom is -0.543 e. The van der Waals surface area contributed by atoms with Crippen molar-refractivity contribution < 1.29 is 61.3 Å². The van der Waals surface area contributed by atoms with Crippen LogP contribution in [-0.2, 0) is 0 Å². The van der Waals surface area contributed by atoms with E-state index >= 15 is 0 Å². The Balaban J connectivity index is 0.00000121. The summed E-state index contributed by atoms with van der Waals surface area (Å²) in [7, 11) is 0. The molecule has 1 rings (SSSR count). The van der Waals surface area contributed by atoms with Crippen molar-refractivity contribution in [3.05, 3.63) is 28.0 Å². The van der Waals surface area contributed by atoms with E-state index in [2.05, 4.69) is 20.9 Å². The maximum atomic E-state index is 10.3. The molecule has 0 unspecified atom stereocenters. The molecule has 0 spiro atoms. The van der Waals surface area contributed by atoms with E-state index in [1.54, 1.807) is 13.0 Å². The van der Waals surface area contributed by atoms with Gasteiger partial charge in [-0.25, -0.2) is 0 Å². The number of aromatic carboxylic acids is 1. The maximum Gasteiger partial charge on any atom is 1.00 e. The van der Waals surface area contributed by atoms with E-state index < -0.39 is 5.97 Å². The van der Waals surface area contributed by atoms with E-state index in [0.29, 0.717) is 5.69 Å². The first kappa shape index (κ1) is 12.7. The third-order valence-corrected chi connectivity index (χ3v) is 2.07. The molecule has 0 bridgehead atoms. The minimum atomic E-state index is -1.25. The summed E-state index contributed by atoms with van der Waals surface area (Å²) in [5.74, 6) is -1.25. The molecule has 0 aliphatic rings. The summed E-state index contributed by atoms with van der Waals surface area (Å²) in [5.41, 5.74) is 0.609. The van der Waals surface area contributed by atoms with E-state index in [4.69, 9.17) is 0 Å². The number of carbonyl (C=O) groups excluding carboxylic acids is 1. The van der Waals surface area contributed by atoms with Crippen molar-refractivity contribution in [2.75, 3.05) is 0 Å². The van der Waals surface area contributed by atoms with Gasteiger partial charge in [-0.3, -0.25) is 4.98 Å². The van der Waals surface area contributed by atoms with Crippen LogP contribution in [0.4, 0.5) is 0 Å². The molecular formula is C7H5BrKNO2. The van der Waals surface area contributed by atoms with Crippen LogP contribution in [0, 0.1) is 6.92 Å². The Morgan fingerprint density at radius 2 is 2.17 bits per heavy atom. The Bertz CT molecular complexity index is 303. The van der Waals surface area contributed by atoms with Crippen LogP contribution in [0.5, 0.6) is 0 Å². The molecule has 0 fully saturated rings. The van der Waals surface area contributed by atoms with Crippen LogP contribution >= 0.6 is 15.9 Å². The van der Waals surface area contributed by atoms with E-state index in [0.717, 1.165) is 4.47 Å². The van der Waals surface area contributed by atoms with Crippen LogP contribution < -0.4 is 56.5 Å². The van der Waals surface area contributed by atoms with Crippen molar-refractivity contribution in [2.45, 2.75) is 6.92 Å². The van der Waals surface area contributed by atoms with Crippen LogP contribution in [0.25, 0.3) is 0 Å². The zero-order valence-electron chi connectivity index (χ0n) is 6.80. The summed E-state index contributed by atoms with van der Waals surface area (Å²) in [6.45, 7) is 1.72. The summed E-state index contributed by atoms with van der Waals surface area (Å²) in [5, 5.41) is 10.3. The molecule has 3 nitrogen and oxygen atoms in total. The Labute approximate surface area is 121 Å². The monoisotopic (exact) mass is 253 g/mol. The minimum absolute atomic E-state index is 0. The number of pyridine rings is 1. The van der Waals surface area contributed by atoms with E-state index in [-0.39, 0.29) is 57.1 Å². The molecule has 1 aromatic rings. The predicted octanol–water partition coefficient (Wildman–Crippen LogP) is -2.48. The summed E-state index contributed by atoms with van der Waals surface area (Å²) in [6.07, 6.45) is 0. The average molecular weight is 254 g/mol. The molecule has 0 aliphatic heterocycles. The fraction of sp³-hybridized carbons (Fsp3) is 0.143. The van der Waals surface area contributed by atoms with Gasteiger partial charge in [-0.05, 0) is 35.0 Å². The summed E-state index contributed by atoms with van der Waals surface area (Å²) < 4.78 is 0.794. The first-order chi connectivity index (χ1) is 5.11. The molecule has 12 heavy (non-hydrogen) atoms. The van der Waals surface area contributed by atoms with E-state index in [1.165, 1.54) is 6.07 Å². The molecule has 58 valence electrons. The Kier molecular flexibility index (Phi) is 5.80. The molecule has 5 heteroatoms. The van der Waals surface area contributed by atoms with Gasteiger partial charge in [0.1, 0.15) is 0 Å². The van der Waals surface area contributed by atoms with Gasteiger partial charge in [0, 0.05) is 4.47 Å². The van der Waals surface area contributed by atoms with Gasteiger partial charge >= 0.3 is 51.4 Å². The normalized spacial score (nSPS) is 8.83. The molecule has 0 amide bonds. The standard InChI is InChI=1S/C7H6BrNO2.K/c1-4-5(8)2-3-6(9-4)7(10)11;/h2-3H,1H3,(H,10,11);/q;+1/p-1. The van der Waals surface area contributed by atoms with Crippen molar-refractivity contribution in [1.82, 2.24) is 4.98 Å². The number of aromatic nitrogens is 1. The Morgan fingerprint density at radius 3 is 2.58 bits per heavy atom. The molecule has 0 saturated carbocycles. The Hall–Kier alpha value is 0.736. The summed E-state index contributed by atoms with van der Waals surface area (Å²) in [6, 6.07) is 3.03. The molecule has 0 atom stereocenters. The molecule has 0 N–H and O–H groups in total. The third-order valence-electron chi connectivity index (χ3n) is 1.23. The second-order valence-corrected chi connectivity index (χ2v) is 2.91. The van der Waals surface area contributed by atoms with Gasteiger partial charge in [-0.15, -0.1) is 0 Å². The number of hydrogen-bond donors (Lipinski definition) is 0. The van der Waals surface area contributed by atoms with Crippen molar-refractivity contribution in [3.63, 3.8) is 0 Å². The van der Waals surface area contributed by atoms with Crippen LogP contribution in [0.1, 0.15) is 16.2 Å². The number of halogens is 1. The fourth-order valence-electron chi connectivity index (χ4n) is 0.658. The fourth-order valence-corrected chi connectivity index (χ4v) is 0.879. The largest absolute Gasteiger partial charge is 1.00 e. The second kappa shape index (κ2) is 5.46. The van der Waals surface area contributed by atoms with Gasteiger partial charge in [0.25, 0.3) is 0 Å². The smallest absolute Gasteiger partial charge is 0.543 e. The second-order valence-electron chi connectivity index (χ2n) is 2.05. The zero-order chi connectivity index (χ0) is 8.43. The van der Waals surface area contributed by atoms with Gasteiger partial charge in [0.05, 0.1) is 17.4 Å². The molecule has 0 saturated heterocycles. The molecule has 1 aromatic heterocycles. The van der Waals surface area contributed by atoms with Gasteiger partial charge in [0.15, 0.2) is 0 Å². The number of nitrogens with zero attached hydrogens (tertiary/aromatic N) is 1. The molecule has 1 heterocycles. The zero-order valence-corrected chi connectivity index (χ0v) is 11.5. The summed E-state index contributed by atoms with van der Waals surface area (Å²) in [4.78, 5) is 14.0. The Morgan fingerprint density at radius 1 is 1.58 bits per heavy atom. The summed E-state index contributed by atoms with van der Waals surface area (Å²) >= 11 is 3.20. The number of carboxylic acid groups (broad SMARTS) is 1. The molecule has 0 aliphatic carbocycles. The first-order valence-electron chi connectivity index (χ1n) is 2.96. The van der Waals surface area contributed by atoms with Crippen LogP contribution in [-0.4, -0.2) is 11.0 Å². The number of carbonyl (C=O) groups is 1. The predicted molar refractivity (Wildman–Crippen MR) is 41.0 cm³/mol. The van der Waals surface area contributed by atoms with E-state index in [9.17, 15) is 9.90 Å². The first-order valence-corrected chi connectivity index (χ1v) is 3.75. The molecule has 0 radical (unpaired) electrons. The van der Waals surface area contributed by atoms with Gasteiger partial charge in [-0.1, -0.05) is 0 Å². The van der Waals surface area contributed by atoms with Crippen molar-refractivity contribution in [3.8, 4) is 0 Å². The number of rotatable bonds is 1. The van der Waals surface area contributed by atoms with Crippen LogP contribution in [0.3, 0.4) is 0 Å². The van der Waals surface area contributed by atoms with Crippen LogP contribution in [0.15, 0.2) is 16.6 Å². The van der Waals surface area contributed by atoms with Crippen molar-refractivity contribution >= 4 is 21.9 Å². The van der Waals surface area contributed by atoms with E-state index in [1.807, 2.05) is 0 Å². The molecular weight excluding hydrogens is 249 g/mol. The third kappa shape index (κ3) is 3.24. The van der Waals surface area contributed by atoms with Gasteiger partial charge in [-0.2, -0.15) is 0 Å². The topological polar surface area (TPSA) is 53.0 Å². The maximum absolute atomic E-state index is 10.3. The average Bonchev–Trinajstić information content (AvgIpc) is 1.94. The van der Waals surface area contributed by atoms with Crippen molar-refractivity contribution in [1.29, 1.82) is 0 Å². The van der Waals surface area contributed by atoms with Crippen molar-refractivity contribution in [2.24, 2.45) is 0 Å². The van der Waals surface area contributed by atoms with Gasteiger partial charge < -0.3 is 9.90 Å².